The summed E-state index contributed by atoms with van der Waals surface area (Å²) in [4.78, 5) is 46.0. The summed E-state index contributed by atoms with van der Waals surface area (Å²) in [5.74, 6) is -2.45. The number of nitrogens with two attached hydrogens (primary N) is 1. The molecule has 0 aliphatic rings. The first-order valence-corrected chi connectivity index (χ1v) is 25.5. The molecule has 1 unspecified atom stereocenters. The Morgan fingerprint density at radius 3 is 1.32 bits per heavy atom. The van der Waals surface area contributed by atoms with Gasteiger partial charge in [-0.15, -0.1) is 0 Å². The van der Waals surface area contributed by atoms with Crippen molar-refractivity contribution in [3.05, 3.63) is 36.5 Å². The summed E-state index contributed by atoms with van der Waals surface area (Å²) in [5, 5.41) is 8.90. The molecular weight excluding hydrogens is 781 g/mol. The van der Waals surface area contributed by atoms with E-state index in [0.717, 1.165) is 44.9 Å². The van der Waals surface area contributed by atoms with E-state index in [9.17, 15) is 23.8 Å². The first-order valence-electron chi connectivity index (χ1n) is 24.0. The van der Waals surface area contributed by atoms with Gasteiger partial charge in [-0.1, -0.05) is 172 Å². The molecule has 12 heteroatoms. The summed E-state index contributed by atoms with van der Waals surface area (Å²) in [5.41, 5.74) is 5.34. The van der Waals surface area contributed by atoms with E-state index in [4.69, 9.17) is 24.8 Å². The molecule has 0 amide bonds. The molecule has 0 heterocycles. The largest absolute Gasteiger partial charge is 0.480 e. The molecule has 0 aliphatic carbocycles. The van der Waals surface area contributed by atoms with Crippen molar-refractivity contribution in [2.75, 3.05) is 19.8 Å². The number of phosphoric ester groups is 1. The van der Waals surface area contributed by atoms with Gasteiger partial charge in [-0.2, -0.15) is 0 Å². The third-order valence-corrected chi connectivity index (χ3v) is 11.3. The number of ether oxygens (including phenoxy) is 2. The highest BCUT2D eigenvalue weighted by Gasteiger charge is 2.28. The van der Waals surface area contributed by atoms with Gasteiger partial charge in [0.15, 0.2) is 6.10 Å². The van der Waals surface area contributed by atoms with Crippen LogP contribution in [0.15, 0.2) is 36.5 Å². The molecule has 0 aromatic heterocycles. The molecule has 60 heavy (non-hydrogen) atoms. The van der Waals surface area contributed by atoms with Gasteiger partial charge in [0, 0.05) is 12.8 Å². The second-order valence-corrected chi connectivity index (χ2v) is 17.7. The van der Waals surface area contributed by atoms with Gasteiger partial charge in [0.1, 0.15) is 12.6 Å². The molecule has 0 radical (unpaired) electrons. The van der Waals surface area contributed by atoms with E-state index in [0.29, 0.717) is 19.3 Å². The Kier molecular flexibility index (Phi) is 41.7. The Labute approximate surface area is 365 Å². The van der Waals surface area contributed by atoms with Crippen LogP contribution >= 0.6 is 7.82 Å². The molecule has 350 valence electrons. The Bertz CT molecular complexity index is 1160. The van der Waals surface area contributed by atoms with Crippen LogP contribution in [0.25, 0.3) is 0 Å². The molecule has 0 aromatic carbocycles. The summed E-state index contributed by atoms with van der Waals surface area (Å²) in [6.07, 6.45) is 48.0. The molecular formula is C48H88NO10P. The van der Waals surface area contributed by atoms with Gasteiger partial charge in [0.05, 0.1) is 13.2 Å². The lowest BCUT2D eigenvalue weighted by atomic mass is 10.0. The van der Waals surface area contributed by atoms with Gasteiger partial charge in [-0.25, -0.2) is 4.57 Å². The minimum absolute atomic E-state index is 0.0992. The van der Waals surface area contributed by atoms with Gasteiger partial charge in [0.2, 0.25) is 0 Å². The van der Waals surface area contributed by atoms with Crippen molar-refractivity contribution in [1.82, 2.24) is 0 Å². The zero-order valence-corrected chi connectivity index (χ0v) is 38.9. The first-order chi connectivity index (χ1) is 29.1. The van der Waals surface area contributed by atoms with E-state index in [1.807, 2.05) is 6.08 Å². The number of aliphatic carboxylic acids is 1. The summed E-state index contributed by atoms with van der Waals surface area (Å²) >= 11 is 0. The Hall–Kier alpha value is -2.30. The molecule has 0 spiro atoms. The van der Waals surface area contributed by atoms with Crippen molar-refractivity contribution in [1.29, 1.82) is 0 Å². The maximum atomic E-state index is 12.6. The molecule has 3 atom stereocenters. The van der Waals surface area contributed by atoms with E-state index in [1.165, 1.54) is 128 Å². The lowest BCUT2D eigenvalue weighted by molar-refractivity contribution is -0.161. The van der Waals surface area contributed by atoms with E-state index in [2.05, 4.69) is 48.8 Å². The number of allylic oxidation sites excluding steroid dienone is 6. The van der Waals surface area contributed by atoms with Crippen molar-refractivity contribution >= 4 is 25.7 Å². The Morgan fingerprint density at radius 1 is 0.500 bits per heavy atom. The number of hydrogen-bond acceptors (Lipinski definition) is 9. The van der Waals surface area contributed by atoms with Crippen molar-refractivity contribution in [3.8, 4) is 0 Å². The SMILES string of the molecule is CCCCCCCC/C=C/CCCCCC(=O)OC[C@@H](COP(=O)(O)OC[C@H](N)C(=O)O)OC(=O)CCC/C=C/CC/C=C/CCCCCCCCCCCCCCCC. The van der Waals surface area contributed by atoms with E-state index >= 15 is 0 Å². The smallest absolute Gasteiger partial charge is 0.472 e. The van der Waals surface area contributed by atoms with E-state index in [-0.39, 0.29) is 19.4 Å². The molecule has 4 N–H and O–H groups in total. The number of carboxylic acids is 1. The summed E-state index contributed by atoms with van der Waals surface area (Å²) in [6, 6.07) is -1.53. The van der Waals surface area contributed by atoms with Crippen molar-refractivity contribution in [2.45, 2.75) is 231 Å². The normalized spacial score (nSPS) is 13.9. The lowest BCUT2D eigenvalue weighted by Gasteiger charge is -2.20. The number of rotatable bonds is 45. The van der Waals surface area contributed by atoms with Crippen LogP contribution in [0.4, 0.5) is 0 Å². The highest BCUT2D eigenvalue weighted by atomic mass is 31.2. The molecule has 0 aliphatic heterocycles. The van der Waals surface area contributed by atoms with Gasteiger partial charge in [-0.05, 0) is 70.6 Å². The van der Waals surface area contributed by atoms with E-state index < -0.39 is 51.1 Å². The van der Waals surface area contributed by atoms with Crippen LogP contribution in [0, 0.1) is 0 Å². The molecule has 0 rings (SSSR count). The monoisotopic (exact) mass is 870 g/mol. The number of hydrogen-bond donors (Lipinski definition) is 3. The highest BCUT2D eigenvalue weighted by Crippen LogP contribution is 2.43. The minimum atomic E-state index is -4.73. The zero-order valence-electron chi connectivity index (χ0n) is 38.1. The fourth-order valence-corrected chi connectivity index (χ4v) is 7.33. The van der Waals surface area contributed by atoms with Crippen molar-refractivity contribution in [2.24, 2.45) is 5.73 Å². The number of carboxylic acid groups (broad SMARTS) is 1. The molecule has 0 bridgehead atoms. The molecule has 0 aromatic rings. The highest BCUT2D eigenvalue weighted by molar-refractivity contribution is 7.47. The van der Waals surface area contributed by atoms with Crippen LogP contribution in [-0.4, -0.2) is 59.9 Å². The second-order valence-electron chi connectivity index (χ2n) is 16.2. The van der Waals surface area contributed by atoms with Crippen molar-refractivity contribution in [3.63, 3.8) is 0 Å². The van der Waals surface area contributed by atoms with Crippen LogP contribution in [0.1, 0.15) is 219 Å². The number of esters is 2. The van der Waals surface area contributed by atoms with Gasteiger partial charge in [-0.3, -0.25) is 23.4 Å². The fourth-order valence-electron chi connectivity index (χ4n) is 6.55. The first kappa shape index (κ1) is 57.7. The zero-order chi connectivity index (χ0) is 44.2. The van der Waals surface area contributed by atoms with Crippen LogP contribution in [0.2, 0.25) is 0 Å². The van der Waals surface area contributed by atoms with Crippen LogP contribution in [0.5, 0.6) is 0 Å². The van der Waals surface area contributed by atoms with Crippen LogP contribution in [0.3, 0.4) is 0 Å². The summed E-state index contributed by atoms with van der Waals surface area (Å²) in [7, 11) is -4.73. The lowest BCUT2D eigenvalue weighted by Crippen LogP contribution is -2.34. The van der Waals surface area contributed by atoms with Crippen molar-refractivity contribution < 1.29 is 47.5 Å². The maximum Gasteiger partial charge on any atom is 0.472 e. The summed E-state index contributed by atoms with van der Waals surface area (Å²) in [6.45, 7) is 2.76. The fraction of sp³-hybridized carbons (Fsp3) is 0.812. The summed E-state index contributed by atoms with van der Waals surface area (Å²) < 4.78 is 32.7. The molecule has 11 nitrogen and oxygen atoms in total. The predicted octanol–water partition coefficient (Wildman–Crippen LogP) is 13.2. The number of phosphoric acid groups is 1. The van der Waals surface area contributed by atoms with E-state index in [1.54, 1.807) is 0 Å². The predicted molar refractivity (Wildman–Crippen MR) is 245 cm³/mol. The number of carbonyl (C=O) groups is 3. The third-order valence-electron chi connectivity index (χ3n) is 10.3. The third kappa shape index (κ3) is 42.4. The van der Waals surface area contributed by atoms with Gasteiger partial charge < -0.3 is 25.2 Å². The van der Waals surface area contributed by atoms with Crippen LogP contribution < -0.4 is 5.73 Å². The topological polar surface area (TPSA) is 172 Å². The second kappa shape index (κ2) is 43.4. The minimum Gasteiger partial charge on any atom is -0.480 e. The van der Waals surface area contributed by atoms with Gasteiger partial charge in [0.25, 0.3) is 0 Å². The Morgan fingerprint density at radius 2 is 0.867 bits per heavy atom. The average molecular weight is 870 g/mol. The number of carbonyl (C=O) groups excluding carboxylic acids is 2. The Balaban J connectivity index is 4.32. The standard InChI is InChI=1S/C48H88NO10P/c1-3-5-7-9-11-13-15-17-18-19-20-21-22-23-24-25-26-28-30-32-34-36-38-40-47(51)59-44(42-57-60(54,55)58-43-45(49)48(52)53)41-56-46(50)39-37-35-33-31-29-27-16-14-12-10-8-6-4-2/h25-27,29,32,34,44-45H,3-24,28,30-31,33,35-43,49H2,1-2H3,(H,52,53)(H,54,55)/b26-25+,29-27+,34-32+/t44-,45-/m0/s1. The molecule has 0 saturated heterocycles. The molecule has 0 saturated carbocycles. The van der Waals surface area contributed by atoms with Gasteiger partial charge >= 0.3 is 25.7 Å². The molecule has 0 fully saturated rings. The number of unbranched alkanes of at least 4 members (excludes halogenated alkanes) is 25. The average Bonchev–Trinajstić information content (AvgIpc) is 3.22. The quantitative estimate of drug-likeness (QED) is 0.0230. The van der Waals surface area contributed by atoms with Crippen LogP contribution in [-0.2, 0) is 37.5 Å². The maximum absolute atomic E-state index is 12.6.